The van der Waals surface area contributed by atoms with Gasteiger partial charge in [-0.25, -0.2) is 0 Å². The lowest BCUT2D eigenvalue weighted by Gasteiger charge is -2.27. The van der Waals surface area contributed by atoms with Crippen molar-refractivity contribution >= 4 is 5.91 Å². The van der Waals surface area contributed by atoms with E-state index in [-0.39, 0.29) is 24.5 Å². The smallest absolute Gasteiger partial charge is 0.223 e. The quantitative estimate of drug-likeness (QED) is 0.829. The lowest BCUT2D eigenvalue weighted by Crippen LogP contribution is -2.34. The van der Waals surface area contributed by atoms with Crippen LogP contribution in [-0.4, -0.2) is 42.7 Å². The molecule has 1 fully saturated rings. The normalized spacial score (nSPS) is 19.6. The molecule has 0 saturated carbocycles. The molecule has 1 aliphatic rings. The summed E-state index contributed by atoms with van der Waals surface area (Å²) in [6, 6.07) is 7.90. The Morgan fingerprint density at radius 2 is 2.29 bits per heavy atom. The number of nitrogens with two attached hydrogens (primary N) is 1. The van der Waals surface area contributed by atoms with Crippen molar-refractivity contribution in [2.45, 2.75) is 25.3 Å². The Balaban J connectivity index is 2.14. The zero-order valence-electron chi connectivity index (χ0n) is 12.5. The highest BCUT2D eigenvalue weighted by molar-refractivity contribution is 5.77. The molecule has 1 aliphatic heterocycles. The minimum Gasteiger partial charge on any atom is -0.496 e. The number of carbonyl (C=O) groups is 1. The molecule has 1 aromatic rings. The number of benzene rings is 1. The zero-order valence-corrected chi connectivity index (χ0v) is 12.5. The van der Waals surface area contributed by atoms with E-state index in [0.717, 1.165) is 30.7 Å². The maximum atomic E-state index is 12.5. The Labute approximate surface area is 125 Å². The van der Waals surface area contributed by atoms with Gasteiger partial charge in [0.1, 0.15) is 5.75 Å². The number of hydrogen-bond acceptors (Lipinski definition) is 4. The number of hydrogen-bond donors (Lipinski definition) is 2. The van der Waals surface area contributed by atoms with Crippen LogP contribution in [0, 0.1) is 5.92 Å². The number of carbonyl (C=O) groups excluding carboxylic acids is 1. The molecule has 0 bridgehead atoms. The average Bonchev–Trinajstić information content (AvgIpc) is 3.01. The second-order valence-electron chi connectivity index (χ2n) is 5.48. The lowest BCUT2D eigenvalue weighted by molar-refractivity contribution is -0.133. The monoisotopic (exact) mass is 292 g/mol. The number of aliphatic hydroxyl groups excluding tert-OH is 1. The van der Waals surface area contributed by atoms with Gasteiger partial charge in [-0.15, -0.1) is 0 Å². The first-order valence-electron chi connectivity index (χ1n) is 7.44. The molecule has 1 saturated heterocycles. The minimum absolute atomic E-state index is 0.0462. The molecule has 0 aromatic heterocycles. The number of likely N-dealkylation sites (tertiary alicyclic amines) is 1. The SMILES string of the molecule is COc1ccccc1[C@@H]1CCCN1C(=O)C[C@H](CN)CO. The first kappa shape index (κ1) is 15.8. The van der Waals surface area contributed by atoms with Crippen molar-refractivity contribution in [1.82, 2.24) is 4.90 Å². The van der Waals surface area contributed by atoms with E-state index >= 15 is 0 Å². The van der Waals surface area contributed by atoms with Crippen LogP contribution in [0.2, 0.25) is 0 Å². The molecule has 21 heavy (non-hydrogen) atoms. The molecule has 1 amide bonds. The van der Waals surface area contributed by atoms with Crippen LogP contribution in [0.4, 0.5) is 0 Å². The summed E-state index contributed by atoms with van der Waals surface area (Å²) in [4.78, 5) is 14.4. The summed E-state index contributed by atoms with van der Waals surface area (Å²) < 4.78 is 5.41. The number of para-hydroxylation sites is 1. The summed E-state index contributed by atoms with van der Waals surface area (Å²) in [6.45, 7) is 1.04. The zero-order chi connectivity index (χ0) is 15.2. The van der Waals surface area contributed by atoms with Crippen LogP contribution in [0.5, 0.6) is 5.75 Å². The van der Waals surface area contributed by atoms with E-state index in [1.165, 1.54) is 0 Å². The minimum atomic E-state index is -0.156. The van der Waals surface area contributed by atoms with Crippen molar-refractivity contribution in [3.05, 3.63) is 29.8 Å². The van der Waals surface area contributed by atoms with Crippen LogP contribution in [-0.2, 0) is 4.79 Å². The van der Waals surface area contributed by atoms with Gasteiger partial charge in [-0.05, 0) is 25.5 Å². The van der Waals surface area contributed by atoms with Crippen LogP contribution in [0.25, 0.3) is 0 Å². The van der Waals surface area contributed by atoms with Crippen molar-refractivity contribution in [2.75, 3.05) is 26.8 Å². The molecule has 2 atom stereocenters. The fourth-order valence-electron chi connectivity index (χ4n) is 2.92. The predicted molar refractivity (Wildman–Crippen MR) is 80.9 cm³/mol. The number of amides is 1. The molecule has 1 aromatic carbocycles. The summed E-state index contributed by atoms with van der Waals surface area (Å²) in [7, 11) is 1.65. The number of rotatable bonds is 6. The highest BCUT2D eigenvalue weighted by atomic mass is 16.5. The van der Waals surface area contributed by atoms with Gasteiger partial charge in [-0.2, -0.15) is 0 Å². The number of nitrogens with zero attached hydrogens (tertiary/aromatic N) is 1. The molecule has 0 unspecified atom stereocenters. The third-order valence-corrected chi connectivity index (χ3v) is 4.13. The van der Waals surface area contributed by atoms with Crippen molar-refractivity contribution in [2.24, 2.45) is 11.7 Å². The fourth-order valence-corrected chi connectivity index (χ4v) is 2.92. The van der Waals surface area contributed by atoms with Gasteiger partial charge in [0, 0.05) is 31.1 Å². The topological polar surface area (TPSA) is 75.8 Å². The Hall–Kier alpha value is -1.59. The van der Waals surface area contributed by atoms with Crippen LogP contribution >= 0.6 is 0 Å². The van der Waals surface area contributed by atoms with Gasteiger partial charge < -0.3 is 20.5 Å². The predicted octanol–water partition coefficient (Wildman–Crippen LogP) is 1.32. The van der Waals surface area contributed by atoms with E-state index in [2.05, 4.69) is 0 Å². The largest absolute Gasteiger partial charge is 0.496 e. The molecule has 5 nitrogen and oxygen atoms in total. The molecule has 0 radical (unpaired) electrons. The first-order chi connectivity index (χ1) is 10.2. The lowest BCUT2D eigenvalue weighted by atomic mass is 10.0. The molecule has 0 spiro atoms. The van der Waals surface area contributed by atoms with E-state index in [1.807, 2.05) is 29.2 Å². The Bertz CT molecular complexity index is 474. The second kappa shape index (κ2) is 7.43. The number of methoxy groups -OCH3 is 1. The van der Waals surface area contributed by atoms with Crippen LogP contribution < -0.4 is 10.5 Å². The maximum Gasteiger partial charge on any atom is 0.223 e. The van der Waals surface area contributed by atoms with E-state index in [0.29, 0.717) is 13.0 Å². The van der Waals surface area contributed by atoms with E-state index < -0.39 is 0 Å². The van der Waals surface area contributed by atoms with Gasteiger partial charge in [-0.1, -0.05) is 18.2 Å². The molecule has 5 heteroatoms. The third-order valence-electron chi connectivity index (χ3n) is 4.13. The van der Waals surface area contributed by atoms with Gasteiger partial charge in [0.25, 0.3) is 0 Å². The summed E-state index contributed by atoms with van der Waals surface area (Å²) in [6.07, 6.45) is 2.23. The number of ether oxygens (including phenoxy) is 1. The summed E-state index contributed by atoms with van der Waals surface area (Å²) >= 11 is 0. The number of aliphatic hydroxyl groups is 1. The molecular formula is C16H24N2O3. The fraction of sp³-hybridized carbons (Fsp3) is 0.562. The van der Waals surface area contributed by atoms with Gasteiger partial charge in [0.2, 0.25) is 5.91 Å². The second-order valence-corrected chi connectivity index (χ2v) is 5.48. The first-order valence-corrected chi connectivity index (χ1v) is 7.44. The van der Waals surface area contributed by atoms with Gasteiger partial charge in [0.15, 0.2) is 0 Å². The van der Waals surface area contributed by atoms with Gasteiger partial charge in [-0.3, -0.25) is 4.79 Å². The molecule has 1 heterocycles. The van der Waals surface area contributed by atoms with Crippen LogP contribution in [0.15, 0.2) is 24.3 Å². The van der Waals surface area contributed by atoms with E-state index in [9.17, 15) is 9.90 Å². The standard InChI is InChI=1S/C16H24N2O3/c1-21-15-7-3-2-5-13(15)14-6-4-8-18(14)16(20)9-12(10-17)11-19/h2-3,5,7,12,14,19H,4,6,8-11,17H2,1H3/t12-,14+/m1/s1. The summed E-state index contributed by atoms with van der Waals surface area (Å²) in [5.41, 5.74) is 6.63. The molecule has 3 N–H and O–H groups in total. The van der Waals surface area contributed by atoms with Crippen LogP contribution in [0.1, 0.15) is 30.9 Å². The van der Waals surface area contributed by atoms with Crippen molar-refractivity contribution < 1.29 is 14.6 Å². The molecule has 2 rings (SSSR count). The van der Waals surface area contributed by atoms with Gasteiger partial charge in [0.05, 0.1) is 13.2 Å². The molecule has 0 aliphatic carbocycles. The van der Waals surface area contributed by atoms with Crippen LogP contribution in [0.3, 0.4) is 0 Å². The Morgan fingerprint density at radius 1 is 1.52 bits per heavy atom. The Morgan fingerprint density at radius 3 is 2.95 bits per heavy atom. The van der Waals surface area contributed by atoms with E-state index in [4.69, 9.17) is 10.5 Å². The highest BCUT2D eigenvalue weighted by Gasteiger charge is 2.32. The molecular weight excluding hydrogens is 268 g/mol. The summed E-state index contributed by atoms with van der Waals surface area (Å²) in [5.74, 6) is 0.726. The third kappa shape index (κ3) is 3.54. The average molecular weight is 292 g/mol. The highest BCUT2D eigenvalue weighted by Crippen LogP contribution is 2.37. The summed E-state index contributed by atoms with van der Waals surface area (Å²) in [5, 5.41) is 9.21. The Kier molecular flexibility index (Phi) is 5.59. The van der Waals surface area contributed by atoms with Crippen molar-refractivity contribution in [3.63, 3.8) is 0 Å². The maximum absolute atomic E-state index is 12.5. The van der Waals surface area contributed by atoms with Crippen molar-refractivity contribution in [1.29, 1.82) is 0 Å². The van der Waals surface area contributed by atoms with Crippen molar-refractivity contribution in [3.8, 4) is 5.75 Å². The van der Waals surface area contributed by atoms with Gasteiger partial charge >= 0.3 is 0 Å². The van der Waals surface area contributed by atoms with E-state index in [1.54, 1.807) is 7.11 Å². The molecule has 116 valence electrons.